The van der Waals surface area contributed by atoms with Crippen molar-refractivity contribution in [2.24, 2.45) is 0 Å². The fourth-order valence-electron chi connectivity index (χ4n) is 2.02. The van der Waals surface area contributed by atoms with Crippen LogP contribution in [0.25, 0.3) is 11.3 Å². The zero-order valence-corrected chi connectivity index (χ0v) is 14.7. The second kappa shape index (κ2) is 6.49. The van der Waals surface area contributed by atoms with Crippen molar-refractivity contribution >= 4 is 50.5 Å². The summed E-state index contributed by atoms with van der Waals surface area (Å²) in [6.07, 6.45) is 0.650. The highest BCUT2D eigenvalue weighted by Crippen LogP contribution is 2.30. The molecule has 2 aromatic carbocycles. The Morgan fingerprint density at radius 2 is 1.76 bits per heavy atom. The van der Waals surface area contributed by atoms with Crippen LogP contribution in [0, 0.1) is 0 Å². The second-order valence-electron chi connectivity index (χ2n) is 4.51. The van der Waals surface area contributed by atoms with Gasteiger partial charge in [-0.25, -0.2) is 4.98 Å². The van der Waals surface area contributed by atoms with Crippen LogP contribution < -0.4 is 0 Å². The van der Waals surface area contributed by atoms with E-state index < -0.39 is 0 Å². The summed E-state index contributed by atoms with van der Waals surface area (Å²) >= 11 is 17.5. The molecule has 0 spiro atoms. The first kappa shape index (κ1) is 15.0. The molecule has 0 amide bonds. The molecule has 0 bridgehead atoms. The lowest BCUT2D eigenvalue weighted by atomic mass is 10.1. The van der Waals surface area contributed by atoms with E-state index in [0.29, 0.717) is 16.5 Å². The summed E-state index contributed by atoms with van der Waals surface area (Å²) in [5, 5.41) is 4.42. The molecule has 0 unspecified atom stereocenters. The average molecular weight is 399 g/mol. The molecule has 0 fully saturated rings. The summed E-state index contributed by atoms with van der Waals surface area (Å²) in [7, 11) is 0. The molecule has 1 aromatic heterocycles. The Morgan fingerprint density at radius 3 is 2.48 bits per heavy atom. The summed E-state index contributed by atoms with van der Waals surface area (Å²) in [6, 6.07) is 13.7. The van der Waals surface area contributed by atoms with Crippen molar-refractivity contribution in [1.82, 2.24) is 4.98 Å². The number of benzene rings is 2. The minimum Gasteiger partial charge on any atom is -0.241 e. The first-order valence-corrected chi connectivity index (χ1v) is 8.69. The maximum Gasteiger partial charge on any atom is 0.0977 e. The van der Waals surface area contributed by atoms with Gasteiger partial charge in [-0.3, -0.25) is 0 Å². The van der Waals surface area contributed by atoms with Gasteiger partial charge in [0.05, 0.1) is 10.7 Å². The Labute approximate surface area is 145 Å². The molecule has 0 atom stereocenters. The quantitative estimate of drug-likeness (QED) is 0.492. The molecule has 0 aliphatic carbocycles. The lowest BCUT2D eigenvalue weighted by Crippen LogP contribution is -1.90. The van der Waals surface area contributed by atoms with Crippen molar-refractivity contribution in [3.05, 3.63) is 72.9 Å². The molecule has 21 heavy (non-hydrogen) atoms. The molecule has 106 valence electrons. The van der Waals surface area contributed by atoms with Gasteiger partial charge in [-0.1, -0.05) is 57.3 Å². The molecule has 0 saturated heterocycles. The van der Waals surface area contributed by atoms with Crippen molar-refractivity contribution in [3.63, 3.8) is 0 Å². The first-order valence-electron chi connectivity index (χ1n) is 6.27. The van der Waals surface area contributed by atoms with Crippen molar-refractivity contribution in [2.75, 3.05) is 0 Å². The van der Waals surface area contributed by atoms with Gasteiger partial charge in [-0.15, -0.1) is 11.3 Å². The maximum absolute atomic E-state index is 6.21. The van der Waals surface area contributed by atoms with E-state index in [1.165, 1.54) is 0 Å². The van der Waals surface area contributed by atoms with Gasteiger partial charge in [0.1, 0.15) is 0 Å². The Balaban J connectivity index is 1.89. The van der Waals surface area contributed by atoms with Gasteiger partial charge in [0.15, 0.2) is 0 Å². The van der Waals surface area contributed by atoms with Crippen LogP contribution in [-0.2, 0) is 6.42 Å². The Hall–Kier alpha value is -0.870. The lowest BCUT2D eigenvalue weighted by molar-refractivity contribution is 1.14. The highest BCUT2D eigenvalue weighted by molar-refractivity contribution is 9.10. The van der Waals surface area contributed by atoms with Crippen LogP contribution in [0.1, 0.15) is 10.6 Å². The topological polar surface area (TPSA) is 12.9 Å². The number of aromatic nitrogens is 1. The SMILES string of the molecule is Clc1cccc(Cl)c1Cc1nc(-c2cccc(Br)c2)cs1. The summed E-state index contributed by atoms with van der Waals surface area (Å²) < 4.78 is 1.05. The molecule has 0 saturated carbocycles. The predicted octanol–water partition coefficient (Wildman–Crippen LogP) is 6.47. The normalized spacial score (nSPS) is 10.8. The van der Waals surface area contributed by atoms with Crippen LogP contribution in [0.5, 0.6) is 0 Å². The predicted molar refractivity (Wildman–Crippen MR) is 94.5 cm³/mol. The Kier molecular flexibility index (Phi) is 4.65. The van der Waals surface area contributed by atoms with E-state index in [1.54, 1.807) is 11.3 Å². The number of hydrogen-bond acceptors (Lipinski definition) is 2. The fraction of sp³-hybridized carbons (Fsp3) is 0.0625. The fourth-order valence-corrected chi connectivity index (χ4v) is 3.77. The van der Waals surface area contributed by atoms with E-state index in [4.69, 9.17) is 23.2 Å². The Morgan fingerprint density at radius 1 is 1.05 bits per heavy atom. The van der Waals surface area contributed by atoms with Crippen LogP contribution in [0.4, 0.5) is 0 Å². The van der Waals surface area contributed by atoms with Crippen molar-refractivity contribution in [3.8, 4) is 11.3 Å². The monoisotopic (exact) mass is 397 g/mol. The largest absolute Gasteiger partial charge is 0.241 e. The molecular formula is C16H10BrCl2NS. The third-order valence-electron chi connectivity index (χ3n) is 3.06. The van der Waals surface area contributed by atoms with Crippen molar-refractivity contribution in [1.29, 1.82) is 0 Å². The zero-order chi connectivity index (χ0) is 14.8. The molecule has 0 aliphatic heterocycles. The first-order chi connectivity index (χ1) is 10.1. The van der Waals surface area contributed by atoms with Gasteiger partial charge in [0, 0.05) is 31.9 Å². The van der Waals surface area contributed by atoms with Gasteiger partial charge in [0.25, 0.3) is 0 Å². The molecule has 5 heteroatoms. The van der Waals surface area contributed by atoms with Crippen LogP contribution in [0.2, 0.25) is 10.0 Å². The van der Waals surface area contributed by atoms with Gasteiger partial charge in [0.2, 0.25) is 0 Å². The van der Waals surface area contributed by atoms with E-state index in [-0.39, 0.29) is 0 Å². The lowest BCUT2D eigenvalue weighted by Gasteiger charge is -2.04. The van der Waals surface area contributed by atoms with Gasteiger partial charge in [-0.2, -0.15) is 0 Å². The number of thiazole rings is 1. The highest BCUT2D eigenvalue weighted by atomic mass is 79.9. The van der Waals surface area contributed by atoms with E-state index in [9.17, 15) is 0 Å². The van der Waals surface area contributed by atoms with Crippen molar-refractivity contribution < 1.29 is 0 Å². The summed E-state index contributed by atoms with van der Waals surface area (Å²) in [6.45, 7) is 0. The van der Waals surface area contributed by atoms with Crippen LogP contribution in [-0.4, -0.2) is 4.98 Å². The number of nitrogens with zero attached hydrogens (tertiary/aromatic N) is 1. The van der Waals surface area contributed by atoms with Crippen LogP contribution >= 0.6 is 50.5 Å². The molecular weight excluding hydrogens is 389 g/mol. The number of halogens is 3. The van der Waals surface area contributed by atoms with Crippen LogP contribution in [0.15, 0.2) is 52.3 Å². The second-order valence-corrected chi connectivity index (χ2v) is 7.19. The summed E-state index contributed by atoms with van der Waals surface area (Å²) in [4.78, 5) is 4.68. The summed E-state index contributed by atoms with van der Waals surface area (Å²) in [5.41, 5.74) is 2.99. The number of rotatable bonds is 3. The molecule has 1 nitrogen and oxygen atoms in total. The Bertz CT molecular complexity index is 765. The molecule has 1 heterocycles. The molecule has 3 rings (SSSR count). The number of hydrogen-bond donors (Lipinski definition) is 0. The zero-order valence-electron chi connectivity index (χ0n) is 10.8. The standard InChI is InChI=1S/C16H10BrCl2NS/c17-11-4-1-3-10(7-11)15-9-21-16(20-15)8-12-13(18)5-2-6-14(12)19/h1-7,9H,8H2. The summed E-state index contributed by atoms with van der Waals surface area (Å²) in [5.74, 6) is 0. The van der Waals surface area contributed by atoms with Gasteiger partial charge >= 0.3 is 0 Å². The van der Waals surface area contributed by atoms with E-state index in [1.807, 2.05) is 36.4 Å². The average Bonchev–Trinajstić information content (AvgIpc) is 2.92. The van der Waals surface area contributed by atoms with E-state index in [0.717, 1.165) is 26.3 Å². The van der Waals surface area contributed by atoms with Crippen molar-refractivity contribution in [2.45, 2.75) is 6.42 Å². The minimum atomic E-state index is 0.650. The maximum atomic E-state index is 6.21. The smallest absolute Gasteiger partial charge is 0.0977 e. The molecule has 3 aromatic rings. The highest BCUT2D eigenvalue weighted by Gasteiger charge is 2.10. The molecule has 0 N–H and O–H groups in total. The van der Waals surface area contributed by atoms with Crippen LogP contribution in [0.3, 0.4) is 0 Å². The third kappa shape index (κ3) is 3.49. The van der Waals surface area contributed by atoms with Gasteiger partial charge < -0.3 is 0 Å². The third-order valence-corrected chi connectivity index (χ3v) is 5.11. The van der Waals surface area contributed by atoms with E-state index >= 15 is 0 Å². The van der Waals surface area contributed by atoms with Gasteiger partial charge in [-0.05, 0) is 29.8 Å². The van der Waals surface area contributed by atoms with E-state index in [2.05, 4.69) is 32.4 Å². The molecule has 0 radical (unpaired) electrons. The molecule has 0 aliphatic rings. The minimum absolute atomic E-state index is 0.650.